The molecule has 0 spiro atoms. The zero-order valence-electron chi connectivity index (χ0n) is 27.0. The molecule has 0 saturated carbocycles. The number of hydrogen-bond acceptors (Lipinski definition) is 7. The van der Waals surface area contributed by atoms with Gasteiger partial charge in [0, 0.05) is 55.2 Å². The van der Waals surface area contributed by atoms with Crippen LogP contribution in [0.3, 0.4) is 0 Å². The minimum atomic E-state index is -1.22. The van der Waals surface area contributed by atoms with Gasteiger partial charge < -0.3 is 24.2 Å². The highest BCUT2D eigenvalue weighted by molar-refractivity contribution is 5.80. The van der Waals surface area contributed by atoms with Gasteiger partial charge in [-0.05, 0) is 71.4 Å². The van der Waals surface area contributed by atoms with Crippen LogP contribution in [0.25, 0.3) is 28.0 Å². The molecule has 9 heteroatoms. The molecule has 9 nitrogen and oxygen atoms in total. The number of aliphatic carboxylic acids is 1. The summed E-state index contributed by atoms with van der Waals surface area (Å²) in [6.45, 7) is 13.5. The fraction of sp³-hybridized carbons (Fsp3) is 0.417. The van der Waals surface area contributed by atoms with Crippen LogP contribution in [0, 0.1) is 13.8 Å². The lowest BCUT2D eigenvalue weighted by Gasteiger charge is -2.41. The van der Waals surface area contributed by atoms with Crippen LogP contribution in [0.2, 0.25) is 0 Å². The molecule has 3 aliphatic rings. The summed E-state index contributed by atoms with van der Waals surface area (Å²) in [6.07, 6.45) is 4.80. The summed E-state index contributed by atoms with van der Waals surface area (Å²) in [5.41, 5.74) is 5.56. The highest BCUT2D eigenvalue weighted by atomic mass is 16.5. The Morgan fingerprint density at radius 2 is 1.82 bits per heavy atom. The van der Waals surface area contributed by atoms with Crippen molar-refractivity contribution in [3.63, 3.8) is 0 Å². The molecule has 1 saturated heterocycles. The third-order valence-electron chi connectivity index (χ3n) is 8.48. The second-order valence-electron chi connectivity index (χ2n) is 13.3. The molecule has 45 heavy (non-hydrogen) atoms. The van der Waals surface area contributed by atoms with Crippen LogP contribution in [-0.2, 0) is 14.3 Å². The predicted octanol–water partition coefficient (Wildman–Crippen LogP) is 7.29. The molecule has 1 N–H and O–H groups in total. The lowest BCUT2D eigenvalue weighted by atomic mass is 9.92. The van der Waals surface area contributed by atoms with Crippen molar-refractivity contribution in [3.05, 3.63) is 77.7 Å². The number of ether oxygens (including phenoxy) is 3. The van der Waals surface area contributed by atoms with E-state index in [1.165, 1.54) is 0 Å². The van der Waals surface area contributed by atoms with Crippen molar-refractivity contribution in [2.24, 2.45) is 0 Å². The van der Waals surface area contributed by atoms with Crippen LogP contribution in [0.1, 0.15) is 69.9 Å². The summed E-state index contributed by atoms with van der Waals surface area (Å²) in [4.78, 5) is 19.9. The first kappa shape index (κ1) is 30.6. The van der Waals surface area contributed by atoms with Crippen LogP contribution >= 0.6 is 0 Å². The van der Waals surface area contributed by atoms with Crippen molar-refractivity contribution < 1.29 is 24.1 Å². The Morgan fingerprint density at radius 1 is 1.07 bits per heavy atom. The van der Waals surface area contributed by atoms with Crippen molar-refractivity contribution in [3.8, 4) is 28.1 Å². The summed E-state index contributed by atoms with van der Waals surface area (Å²) in [7, 11) is 0. The van der Waals surface area contributed by atoms with Crippen molar-refractivity contribution in [1.29, 1.82) is 0 Å². The van der Waals surface area contributed by atoms with Crippen molar-refractivity contribution >= 4 is 17.4 Å². The number of carboxylic acid groups (broad SMARTS) is 1. The summed E-state index contributed by atoms with van der Waals surface area (Å²) in [6, 6.07) is 16.5. The SMILES string of the molecule is Cc1ccc2c(c1)-c1cccc(c1)-c1cc3nc(C)c([C@H](OC(C)(C)C)C(=O)O)c(n3n1)N1CCC(C)(CC1)O/C=C\CCO2. The number of aromatic nitrogens is 3. The zero-order valence-corrected chi connectivity index (χ0v) is 27.0. The third-order valence-corrected chi connectivity index (χ3v) is 8.48. The molecule has 0 amide bonds. The summed E-state index contributed by atoms with van der Waals surface area (Å²) >= 11 is 0. The maximum absolute atomic E-state index is 12.8. The minimum absolute atomic E-state index is 0.356. The van der Waals surface area contributed by atoms with Crippen LogP contribution in [-0.4, -0.2) is 56.6 Å². The molecule has 7 rings (SSSR count). The number of aryl methyl sites for hydroxylation is 2. The number of anilines is 1. The Labute approximate surface area is 264 Å². The highest BCUT2D eigenvalue weighted by Crippen LogP contribution is 2.39. The van der Waals surface area contributed by atoms with E-state index >= 15 is 0 Å². The fourth-order valence-corrected chi connectivity index (χ4v) is 6.12. The molecule has 2 aromatic carbocycles. The van der Waals surface area contributed by atoms with Crippen molar-refractivity contribution in [2.75, 3.05) is 24.6 Å². The van der Waals surface area contributed by atoms with Gasteiger partial charge in [0.15, 0.2) is 11.8 Å². The molecule has 0 radical (unpaired) electrons. The van der Waals surface area contributed by atoms with Gasteiger partial charge >= 0.3 is 5.97 Å². The van der Waals surface area contributed by atoms with Gasteiger partial charge in [0.05, 0.1) is 29.7 Å². The van der Waals surface area contributed by atoms with Gasteiger partial charge in [-0.2, -0.15) is 9.61 Å². The standard InChI is InChI=1S/C36H42N4O5/c1-23-12-13-29-27(20-23)25-10-9-11-26(21-25)28-22-30-37-24(2)31(32(34(41)42)45-35(3,4)5)33(40(30)38-28)39-16-14-36(6,15-17-39)44-19-8-7-18-43-29/h8-13,19-22,32H,7,14-18H2,1-6H3,(H,41,42)/b19-8-/t32-/m0/s1. The number of rotatable bonds is 3. The van der Waals surface area contributed by atoms with E-state index in [1.807, 2.05) is 58.0 Å². The number of nitrogens with zero attached hydrogens (tertiary/aromatic N) is 4. The molecule has 6 bridgehead atoms. The maximum Gasteiger partial charge on any atom is 0.337 e. The summed E-state index contributed by atoms with van der Waals surface area (Å²) < 4.78 is 20.5. The third kappa shape index (κ3) is 6.40. The van der Waals surface area contributed by atoms with Gasteiger partial charge in [-0.15, -0.1) is 0 Å². The topological polar surface area (TPSA) is 98.4 Å². The van der Waals surface area contributed by atoms with Crippen molar-refractivity contribution in [2.45, 2.75) is 78.1 Å². The molecule has 236 valence electrons. The molecule has 5 heterocycles. The quantitative estimate of drug-likeness (QED) is 0.258. The van der Waals surface area contributed by atoms with E-state index in [1.54, 1.807) is 10.8 Å². The number of hydrogen-bond donors (Lipinski definition) is 1. The number of carbonyl (C=O) groups is 1. The number of benzene rings is 2. The molecular formula is C36H42N4O5. The average molecular weight is 611 g/mol. The van der Waals surface area contributed by atoms with Gasteiger partial charge in [0.2, 0.25) is 0 Å². The molecule has 0 aliphatic carbocycles. The molecule has 1 atom stereocenters. The molecular weight excluding hydrogens is 568 g/mol. The second-order valence-corrected chi connectivity index (χ2v) is 13.3. The Balaban J connectivity index is 1.56. The first-order chi connectivity index (χ1) is 21.4. The van der Waals surface area contributed by atoms with E-state index < -0.39 is 17.7 Å². The smallest absolute Gasteiger partial charge is 0.337 e. The van der Waals surface area contributed by atoms with Gasteiger partial charge in [0.25, 0.3) is 0 Å². The van der Waals surface area contributed by atoms with E-state index in [2.05, 4.69) is 43.0 Å². The number of carboxylic acids is 1. The van der Waals surface area contributed by atoms with Crippen molar-refractivity contribution in [1.82, 2.24) is 14.6 Å². The van der Waals surface area contributed by atoms with Gasteiger partial charge in [0.1, 0.15) is 17.2 Å². The normalized spacial score (nSPS) is 17.9. The summed E-state index contributed by atoms with van der Waals surface area (Å²) in [5, 5.41) is 15.5. The Morgan fingerprint density at radius 3 is 2.56 bits per heavy atom. The Bertz CT molecular complexity index is 1760. The molecule has 4 aromatic rings. The first-order valence-electron chi connectivity index (χ1n) is 15.6. The van der Waals surface area contributed by atoms with Crippen LogP contribution in [0.4, 0.5) is 5.82 Å². The minimum Gasteiger partial charge on any atom is -0.495 e. The molecule has 0 unspecified atom stereocenters. The highest BCUT2D eigenvalue weighted by Gasteiger charge is 2.38. The van der Waals surface area contributed by atoms with E-state index in [-0.39, 0.29) is 5.60 Å². The fourth-order valence-electron chi connectivity index (χ4n) is 6.12. The van der Waals surface area contributed by atoms with Crippen LogP contribution < -0.4 is 9.64 Å². The largest absolute Gasteiger partial charge is 0.495 e. The van der Waals surface area contributed by atoms with E-state index in [0.29, 0.717) is 48.8 Å². The molecule has 2 aromatic heterocycles. The van der Waals surface area contributed by atoms with Crippen LogP contribution in [0.15, 0.2) is 60.9 Å². The summed E-state index contributed by atoms with van der Waals surface area (Å²) in [5.74, 6) is 0.454. The van der Waals surface area contributed by atoms with Gasteiger partial charge in [-0.1, -0.05) is 29.8 Å². The first-order valence-corrected chi connectivity index (χ1v) is 15.6. The average Bonchev–Trinajstić information content (AvgIpc) is 3.41. The van der Waals surface area contributed by atoms with Crippen LogP contribution in [0.5, 0.6) is 5.75 Å². The van der Waals surface area contributed by atoms with Gasteiger partial charge in [-0.25, -0.2) is 9.78 Å². The molecule has 1 fully saturated rings. The number of piperidine rings is 1. The second kappa shape index (κ2) is 11.9. The lowest BCUT2D eigenvalue weighted by Crippen LogP contribution is -2.45. The zero-order chi connectivity index (χ0) is 31.9. The van der Waals surface area contributed by atoms with E-state index in [4.69, 9.17) is 24.3 Å². The Kier molecular flexibility index (Phi) is 8.07. The van der Waals surface area contributed by atoms with Gasteiger partial charge in [-0.3, -0.25) is 0 Å². The maximum atomic E-state index is 12.8. The predicted molar refractivity (Wildman–Crippen MR) is 175 cm³/mol. The monoisotopic (exact) mass is 610 g/mol. The van der Waals surface area contributed by atoms with E-state index in [9.17, 15) is 9.90 Å². The Hall–Kier alpha value is -4.37. The van der Waals surface area contributed by atoms with E-state index in [0.717, 1.165) is 46.5 Å². The molecule has 3 aliphatic heterocycles. The number of fused-ring (bicyclic) bond motifs is 6. The lowest BCUT2D eigenvalue weighted by molar-refractivity contribution is -0.160.